The summed E-state index contributed by atoms with van der Waals surface area (Å²) in [4.78, 5) is 33.5. The number of guanidine groups is 1. The predicted octanol–water partition coefficient (Wildman–Crippen LogP) is 4.13. The second-order valence-electron chi connectivity index (χ2n) is 11.1. The van der Waals surface area contributed by atoms with E-state index in [0.717, 1.165) is 11.3 Å². The summed E-state index contributed by atoms with van der Waals surface area (Å²) in [6, 6.07) is 12.4. The smallest absolute Gasteiger partial charge is 0.251 e. The predicted molar refractivity (Wildman–Crippen MR) is 148 cm³/mol. The number of amides is 2. The number of carbonyl (C=O) groups excluding carboxylic acids is 2. The minimum atomic E-state index is -0.879. The lowest BCUT2D eigenvalue weighted by Crippen LogP contribution is -2.58. The fraction of sp³-hybridized carbons (Fsp3) is 0.500. The van der Waals surface area contributed by atoms with Crippen LogP contribution < -0.4 is 20.5 Å². The number of hydrogen-bond donors (Lipinski definition) is 2. The highest BCUT2D eigenvalue weighted by atomic mass is 16.5. The Hall–Kier alpha value is -3.59. The van der Waals surface area contributed by atoms with Gasteiger partial charge in [0.1, 0.15) is 17.5 Å². The lowest BCUT2D eigenvalue weighted by atomic mass is 9.85. The molecule has 2 aromatic carbocycles. The van der Waals surface area contributed by atoms with Crippen LogP contribution in [0.15, 0.2) is 47.5 Å². The summed E-state index contributed by atoms with van der Waals surface area (Å²) in [5, 5.41) is 3.21. The van der Waals surface area contributed by atoms with Crippen molar-refractivity contribution in [2.45, 2.75) is 70.2 Å². The third kappa shape index (κ3) is 4.62. The molecule has 3 aliphatic rings. The lowest BCUT2D eigenvalue weighted by Gasteiger charge is -2.43. The number of ether oxygens (including phenoxy) is 3. The van der Waals surface area contributed by atoms with Gasteiger partial charge in [-0.1, -0.05) is 39.0 Å². The summed E-state index contributed by atoms with van der Waals surface area (Å²) in [5.41, 5.74) is 7.20. The molecule has 0 aliphatic carbocycles. The van der Waals surface area contributed by atoms with Gasteiger partial charge in [0.2, 0.25) is 5.91 Å². The normalized spacial score (nSPS) is 29.6. The second-order valence-corrected chi connectivity index (χ2v) is 11.1. The van der Waals surface area contributed by atoms with Gasteiger partial charge in [0.25, 0.3) is 5.91 Å². The molecule has 208 valence electrons. The summed E-state index contributed by atoms with van der Waals surface area (Å²) >= 11 is 0. The zero-order valence-electron chi connectivity index (χ0n) is 23.3. The first-order valence-corrected chi connectivity index (χ1v) is 13.7. The number of nitrogens with zero attached hydrogens (tertiary/aromatic N) is 2. The highest BCUT2D eigenvalue weighted by molar-refractivity contribution is 6.00. The number of rotatable bonds is 7. The molecule has 5 rings (SSSR count). The van der Waals surface area contributed by atoms with E-state index in [9.17, 15) is 9.59 Å². The molecule has 0 bridgehead atoms. The van der Waals surface area contributed by atoms with Crippen LogP contribution in [0.1, 0.15) is 80.5 Å². The maximum atomic E-state index is 13.6. The van der Waals surface area contributed by atoms with Crippen molar-refractivity contribution in [1.82, 2.24) is 10.2 Å². The van der Waals surface area contributed by atoms with Crippen LogP contribution in [-0.2, 0) is 9.53 Å². The van der Waals surface area contributed by atoms with Crippen LogP contribution in [-0.4, -0.2) is 54.1 Å². The minimum absolute atomic E-state index is 0.0960. The van der Waals surface area contributed by atoms with Crippen LogP contribution in [0.2, 0.25) is 0 Å². The molecule has 5 unspecified atom stereocenters. The van der Waals surface area contributed by atoms with Crippen molar-refractivity contribution in [1.29, 1.82) is 0 Å². The molecule has 9 nitrogen and oxygen atoms in total. The van der Waals surface area contributed by atoms with E-state index in [-0.39, 0.29) is 42.8 Å². The summed E-state index contributed by atoms with van der Waals surface area (Å²) in [5.74, 6) is 1.31. The maximum Gasteiger partial charge on any atom is 0.251 e. The highest BCUT2D eigenvalue weighted by Gasteiger charge is 2.54. The van der Waals surface area contributed by atoms with E-state index >= 15 is 0 Å². The van der Waals surface area contributed by atoms with Gasteiger partial charge in [-0.05, 0) is 44.0 Å². The first kappa shape index (κ1) is 27.0. The Balaban J connectivity index is 1.52. The molecule has 39 heavy (non-hydrogen) atoms. The Bertz CT molecular complexity index is 1310. The van der Waals surface area contributed by atoms with E-state index in [0.29, 0.717) is 36.3 Å². The third-order valence-corrected chi connectivity index (χ3v) is 8.43. The molecule has 0 fully saturated rings. The summed E-state index contributed by atoms with van der Waals surface area (Å²) in [7, 11) is 1.61. The number of benzene rings is 2. The Morgan fingerprint density at radius 3 is 2.64 bits per heavy atom. The Morgan fingerprint density at radius 1 is 1.18 bits per heavy atom. The van der Waals surface area contributed by atoms with E-state index in [1.165, 1.54) is 0 Å². The summed E-state index contributed by atoms with van der Waals surface area (Å²) < 4.78 is 17.9. The van der Waals surface area contributed by atoms with E-state index in [1.807, 2.05) is 51.1 Å². The Kier molecular flexibility index (Phi) is 7.05. The van der Waals surface area contributed by atoms with Crippen molar-refractivity contribution in [3.63, 3.8) is 0 Å². The molecule has 9 heteroatoms. The number of hydrogen-bond acceptors (Lipinski definition) is 7. The number of nitrogens with one attached hydrogen (secondary N) is 1. The molecule has 0 saturated heterocycles. The van der Waals surface area contributed by atoms with E-state index in [1.54, 1.807) is 24.1 Å². The number of fused-ring (bicyclic) bond motifs is 2. The number of methoxy groups -OCH3 is 1. The number of para-hydroxylation sites is 1. The van der Waals surface area contributed by atoms with Gasteiger partial charge in [-0.15, -0.1) is 0 Å². The van der Waals surface area contributed by atoms with Crippen molar-refractivity contribution >= 4 is 17.8 Å². The van der Waals surface area contributed by atoms with Crippen LogP contribution in [0.4, 0.5) is 0 Å². The number of carbonyl (C=O) groups is 2. The number of aliphatic imine (C=N–C) groups is 1. The van der Waals surface area contributed by atoms with Crippen molar-refractivity contribution < 1.29 is 23.8 Å². The molecule has 0 spiro atoms. The molecular formula is C30H38N4O5. The SMILES string of the molecule is CCC1(C)CC(=O)N(C2c3cc(C(=O)NC4c5ccccc5OCC4C)ccc3OC2(CC)COC)C(N)=N1. The molecule has 5 atom stereocenters. The van der Waals surface area contributed by atoms with Crippen molar-refractivity contribution in [3.8, 4) is 11.5 Å². The molecule has 3 N–H and O–H groups in total. The van der Waals surface area contributed by atoms with Gasteiger partial charge < -0.3 is 25.3 Å². The van der Waals surface area contributed by atoms with Gasteiger partial charge in [-0.25, -0.2) is 4.99 Å². The van der Waals surface area contributed by atoms with Gasteiger partial charge >= 0.3 is 0 Å². The van der Waals surface area contributed by atoms with Gasteiger partial charge in [0.05, 0.1) is 31.2 Å². The molecule has 0 radical (unpaired) electrons. The third-order valence-electron chi connectivity index (χ3n) is 8.43. The Labute approximate surface area is 229 Å². The van der Waals surface area contributed by atoms with Crippen molar-refractivity contribution in [3.05, 3.63) is 59.2 Å². The van der Waals surface area contributed by atoms with E-state index in [2.05, 4.69) is 12.2 Å². The van der Waals surface area contributed by atoms with Crippen molar-refractivity contribution in [2.24, 2.45) is 16.6 Å². The average molecular weight is 535 g/mol. The quantitative estimate of drug-likeness (QED) is 0.552. The average Bonchev–Trinajstić information content (AvgIpc) is 3.23. The lowest BCUT2D eigenvalue weighted by molar-refractivity contribution is -0.136. The molecule has 0 aromatic heterocycles. The van der Waals surface area contributed by atoms with Gasteiger partial charge in [0.15, 0.2) is 11.6 Å². The standard InChI is InChI=1S/C30H38N4O5/c1-6-29(4)15-24(35)34(28(31)33-29)26-21-14-19(12-13-23(21)39-30(26,7-2)17-37-5)27(36)32-25-18(3)16-38-22-11-9-8-10-20(22)25/h8-14,18,25-26H,6-7,15-17H2,1-5H3,(H2,31,33)(H,32,36). The molecule has 3 heterocycles. The largest absolute Gasteiger partial charge is 0.493 e. The van der Waals surface area contributed by atoms with Gasteiger partial charge in [0, 0.05) is 29.7 Å². The first-order chi connectivity index (χ1) is 18.6. The topological polar surface area (TPSA) is 115 Å². The molecule has 2 amide bonds. The summed E-state index contributed by atoms with van der Waals surface area (Å²) in [6.07, 6.45) is 1.49. The number of nitrogens with two attached hydrogens (primary N) is 1. The molecule has 0 saturated carbocycles. The minimum Gasteiger partial charge on any atom is -0.493 e. The summed E-state index contributed by atoms with van der Waals surface area (Å²) in [6.45, 7) is 8.74. The zero-order valence-corrected chi connectivity index (χ0v) is 23.3. The monoisotopic (exact) mass is 534 g/mol. The fourth-order valence-electron chi connectivity index (χ4n) is 5.98. The first-order valence-electron chi connectivity index (χ1n) is 13.7. The fourth-order valence-corrected chi connectivity index (χ4v) is 5.98. The van der Waals surface area contributed by atoms with Crippen LogP contribution in [0, 0.1) is 5.92 Å². The maximum absolute atomic E-state index is 13.6. The Morgan fingerprint density at radius 2 is 1.95 bits per heavy atom. The molecule has 2 aromatic rings. The highest BCUT2D eigenvalue weighted by Crippen LogP contribution is 2.50. The molecule has 3 aliphatic heterocycles. The van der Waals surface area contributed by atoms with Crippen LogP contribution in [0.5, 0.6) is 11.5 Å². The van der Waals surface area contributed by atoms with Crippen LogP contribution in [0.25, 0.3) is 0 Å². The van der Waals surface area contributed by atoms with Crippen LogP contribution >= 0.6 is 0 Å². The molecular weight excluding hydrogens is 496 g/mol. The van der Waals surface area contributed by atoms with E-state index in [4.69, 9.17) is 24.9 Å². The zero-order chi connectivity index (χ0) is 27.9. The van der Waals surface area contributed by atoms with E-state index < -0.39 is 17.2 Å². The van der Waals surface area contributed by atoms with Gasteiger partial charge in [-0.3, -0.25) is 14.5 Å². The van der Waals surface area contributed by atoms with Crippen molar-refractivity contribution in [2.75, 3.05) is 20.3 Å². The van der Waals surface area contributed by atoms with Crippen LogP contribution in [0.3, 0.4) is 0 Å². The second kappa shape index (κ2) is 10.2. The van der Waals surface area contributed by atoms with Gasteiger partial charge in [-0.2, -0.15) is 0 Å².